The molecule has 0 saturated heterocycles. The standard InChI is InChI=1S/Fe.2O.Rb/q+3;2*-2;+1. The Morgan fingerprint density at radius 2 is 0.750 bits per heavy atom. The molecule has 0 atom stereocenters. The molecule has 0 saturated carbocycles. The van der Waals surface area contributed by atoms with Crippen molar-refractivity contribution in [2.24, 2.45) is 0 Å². The van der Waals surface area contributed by atoms with Crippen LogP contribution in [0.2, 0.25) is 0 Å². The molecule has 2 nitrogen and oxygen atoms in total. The monoisotopic (exact) mass is 173 g/mol. The first-order valence-corrected chi connectivity index (χ1v) is 0. The van der Waals surface area contributed by atoms with Gasteiger partial charge in [0.25, 0.3) is 0 Å². The van der Waals surface area contributed by atoms with Gasteiger partial charge in [0.2, 0.25) is 0 Å². The van der Waals surface area contributed by atoms with E-state index in [4.69, 9.17) is 0 Å². The Balaban J connectivity index is 0. The quantitative estimate of drug-likeness (QED) is 0.346. The summed E-state index contributed by atoms with van der Waals surface area (Å²) < 4.78 is 0. The number of hydrogen-bond acceptors (Lipinski definition) is 0. The average Bonchev–Trinajstić information content (AvgIpc) is 0. The SMILES string of the molecule is [Fe+3].[O-2].[O-2].[Rb+]. The van der Waals surface area contributed by atoms with Crippen molar-refractivity contribution in [3.63, 3.8) is 0 Å². The van der Waals surface area contributed by atoms with E-state index in [1.165, 1.54) is 0 Å². The normalized spacial score (nSPS) is 0. The van der Waals surface area contributed by atoms with E-state index in [9.17, 15) is 0 Å². The van der Waals surface area contributed by atoms with Gasteiger partial charge in [0, 0.05) is 0 Å². The molecule has 21 valence electrons. The maximum Gasteiger partial charge on any atom is 3.00 e. The molecule has 1 radical (unpaired) electrons. The van der Waals surface area contributed by atoms with Gasteiger partial charge in [-0.25, -0.2) is 0 Å². The Hall–Kier alpha value is 2.24. The van der Waals surface area contributed by atoms with Crippen LogP contribution in [-0.4, -0.2) is 0 Å². The van der Waals surface area contributed by atoms with Crippen LogP contribution in [0.1, 0.15) is 0 Å². The zero-order valence-electron chi connectivity index (χ0n) is 2.17. The molecule has 0 rings (SSSR count). The molecule has 0 heterocycles. The van der Waals surface area contributed by atoms with Crippen molar-refractivity contribution in [2.45, 2.75) is 0 Å². The summed E-state index contributed by atoms with van der Waals surface area (Å²) in [6, 6.07) is 0. The van der Waals surface area contributed by atoms with Gasteiger partial charge in [-0.3, -0.25) is 0 Å². The van der Waals surface area contributed by atoms with Crippen molar-refractivity contribution in [1.29, 1.82) is 0 Å². The van der Waals surface area contributed by atoms with E-state index < -0.39 is 0 Å². The summed E-state index contributed by atoms with van der Waals surface area (Å²) in [5, 5.41) is 0. The van der Waals surface area contributed by atoms with Gasteiger partial charge in [-0.15, -0.1) is 0 Å². The molecule has 0 aromatic carbocycles. The second-order valence-corrected chi connectivity index (χ2v) is 0. The second-order valence-electron chi connectivity index (χ2n) is 0. The fraction of sp³-hybridized carbons (Fsp3) is 0. The predicted octanol–water partition coefficient (Wildman–Crippen LogP) is -3.24. The summed E-state index contributed by atoms with van der Waals surface area (Å²) in [5.74, 6) is 0. The average molecular weight is 173 g/mol. The molecule has 0 N–H and O–H groups in total. The summed E-state index contributed by atoms with van der Waals surface area (Å²) in [6.45, 7) is 0. The molecule has 0 amide bonds. The largest absolute Gasteiger partial charge is 3.00 e. The van der Waals surface area contributed by atoms with Crippen molar-refractivity contribution in [3.8, 4) is 0 Å². The van der Waals surface area contributed by atoms with Gasteiger partial charge in [-0.2, -0.15) is 0 Å². The number of rotatable bonds is 0. The van der Waals surface area contributed by atoms with Crippen molar-refractivity contribution in [3.05, 3.63) is 0 Å². The van der Waals surface area contributed by atoms with Crippen molar-refractivity contribution < 1.29 is 86.2 Å². The van der Waals surface area contributed by atoms with Crippen LogP contribution in [0.4, 0.5) is 0 Å². The van der Waals surface area contributed by atoms with Crippen LogP contribution in [0.3, 0.4) is 0 Å². The molecule has 0 aliphatic carbocycles. The minimum atomic E-state index is 0. The van der Waals surface area contributed by atoms with Crippen LogP contribution < -0.4 is 58.2 Å². The van der Waals surface area contributed by atoms with Gasteiger partial charge in [-0.05, 0) is 0 Å². The van der Waals surface area contributed by atoms with Gasteiger partial charge >= 0.3 is 75.3 Å². The molecule has 0 spiro atoms. The molecule has 4 heavy (non-hydrogen) atoms. The van der Waals surface area contributed by atoms with Crippen LogP contribution in [0.5, 0.6) is 0 Å². The molecule has 0 aromatic heterocycles. The summed E-state index contributed by atoms with van der Waals surface area (Å²) in [7, 11) is 0. The van der Waals surface area contributed by atoms with Gasteiger partial charge in [0.15, 0.2) is 0 Å². The molecule has 0 bridgehead atoms. The summed E-state index contributed by atoms with van der Waals surface area (Å²) in [5.41, 5.74) is 0. The predicted molar refractivity (Wildman–Crippen MR) is 1.37 cm³/mol. The molecular weight excluding hydrogens is 173 g/mol. The second kappa shape index (κ2) is 18.8. The maximum absolute atomic E-state index is 0. The third-order valence-corrected chi connectivity index (χ3v) is 0. The first kappa shape index (κ1) is 34.1. The Morgan fingerprint density at radius 3 is 0.750 bits per heavy atom. The van der Waals surface area contributed by atoms with E-state index in [-0.39, 0.29) is 86.2 Å². The van der Waals surface area contributed by atoms with Crippen LogP contribution in [-0.2, 0) is 28.0 Å². The van der Waals surface area contributed by atoms with Gasteiger partial charge in [-0.1, -0.05) is 0 Å². The minimum absolute atomic E-state index is 0. The molecule has 0 aliphatic rings. The van der Waals surface area contributed by atoms with Crippen molar-refractivity contribution in [2.75, 3.05) is 0 Å². The Bertz CT molecular complexity index is 6.00. The fourth-order valence-corrected chi connectivity index (χ4v) is 0. The third kappa shape index (κ3) is 8.87. The molecule has 0 fully saturated rings. The molecular formula is FeO2Rb. The van der Waals surface area contributed by atoms with Crippen LogP contribution >= 0.6 is 0 Å². The molecule has 0 aliphatic heterocycles. The Morgan fingerprint density at radius 1 is 0.750 bits per heavy atom. The van der Waals surface area contributed by atoms with E-state index in [2.05, 4.69) is 0 Å². The Kier molecular flexibility index (Phi) is 160. The van der Waals surface area contributed by atoms with Crippen LogP contribution in [0, 0.1) is 0 Å². The van der Waals surface area contributed by atoms with Gasteiger partial charge in [0.1, 0.15) is 0 Å². The van der Waals surface area contributed by atoms with Crippen LogP contribution in [0.15, 0.2) is 0 Å². The fourth-order valence-electron chi connectivity index (χ4n) is 0. The van der Waals surface area contributed by atoms with Gasteiger partial charge < -0.3 is 11.0 Å². The maximum atomic E-state index is 0. The number of hydrogen-bond donors (Lipinski definition) is 0. The van der Waals surface area contributed by atoms with E-state index in [0.29, 0.717) is 0 Å². The van der Waals surface area contributed by atoms with Gasteiger partial charge in [0.05, 0.1) is 0 Å². The van der Waals surface area contributed by atoms with E-state index >= 15 is 0 Å². The topological polar surface area (TPSA) is 57.0 Å². The summed E-state index contributed by atoms with van der Waals surface area (Å²) in [4.78, 5) is 0. The molecule has 0 aromatic rings. The minimum Gasteiger partial charge on any atom is -2.00 e. The van der Waals surface area contributed by atoms with E-state index in [1.54, 1.807) is 0 Å². The summed E-state index contributed by atoms with van der Waals surface area (Å²) >= 11 is 0. The first-order valence-electron chi connectivity index (χ1n) is 0. The summed E-state index contributed by atoms with van der Waals surface area (Å²) in [6.07, 6.45) is 0. The smallest absolute Gasteiger partial charge is 2.00 e. The molecule has 0 unspecified atom stereocenters. The zero-order valence-corrected chi connectivity index (χ0v) is 8.19. The van der Waals surface area contributed by atoms with E-state index in [1.807, 2.05) is 0 Å². The van der Waals surface area contributed by atoms with Crippen molar-refractivity contribution >= 4 is 0 Å². The van der Waals surface area contributed by atoms with Crippen molar-refractivity contribution in [1.82, 2.24) is 0 Å². The van der Waals surface area contributed by atoms with Crippen LogP contribution in [0.25, 0.3) is 0 Å². The first-order chi connectivity index (χ1) is 0. The van der Waals surface area contributed by atoms with E-state index in [0.717, 1.165) is 0 Å². The Labute approximate surface area is 84.2 Å². The zero-order chi connectivity index (χ0) is 0. The third-order valence-electron chi connectivity index (χ3n) is 0. The molecule has 4 heteroatoms.